The number of hydrogen-bond donors (Lipinski definition) is 1. The molecule has 2 aliphatic rings. The van der Waals surface area contributed by atoms with Gasteiger partial charge in [-0.1, -0.05) is 12.1 Å². The van der Waals surface area contributed by atoms with Crippen molar-refractivity contribution in [2.24, 2.45) is 0 Å². The van der Waals surface area contributed by atoms with Gasteiger partial charge in [-0.15, -0.1) is 0 Å². The molecule has 1 N–H and O–H groups in total. The zero-order valence-electron chi connectivity index (χ0n) is 16.8. The van der Waals surface area contributed by atoms with E-state index in [9.17, 15) is 4.79 Å². The molecule has 7 nitrogen and oxygen atoms in total. The summed E-state index contributed by atoms with van der Waals surface area (Å²) in [5.41, 5.74) is 2.09. The molecule has 0 aliphatic carbocycles. The number of carbonyl (C=O) groups excluding carboxylic acids is 1. The molecule has 3 aromatic rings. The molecule has 2 fully saturated rings. The van der Waals surface area contributed by atoms with Crippen LogP contribution in [0.4, 0.5) is 0 Å². The summed E-state index contributed by atoms with van der Waals surface area (Å²) in [6, 6.07) is 13.6. The molecular formula is C23H24N4O3. The average Bonchev–Trinajstić information content (AvgIpc) is 3.37. The molecular weight excluding hydrogens is 380 g/mol. The zero-order valence-corrected chi connectivity index (χ0v) is 16.8. The fraction of sp³-hybridized carbons (Fsp3) is 0.348. The molecule has 2 aliphatic heterocycles. The van der Waals surface area contributed by atoms with Crippen LogP contribution >= 0.6 is 0 Å². The number of aromatic nitrogens is 3. The first-order valence-electron chi connectivity index (χ1n) is 10.3. The van der Waals surface area contributed by atoms with Gasteiger partial charge < -0.3 is 14.4 Å². The van der Waals surface area contributed by atoms with Gasteiger partial charge in [-0.25, -0.2) is 0 Å². The van der Waals surface area contributed by atoms with Crippen LogP contribution in [0.1, 0.15) is 36.2 Å². The first kappa shape index (κ1) is 18.7. The van der Waals surface area contributed by atoms with Gasteiger partial charge >= 0.3 is 0 Å². The fourth-order valence-corrected chi connectivity index (χ4v) is 4.73. The van der Waals surface area contributed by atoms with Crippen LogP contribution in [0.2, 0.25) is 0 Å². The minimum Gasteiger partial charge on any atom is -0.496 e. The summed E-state index contributed by atoms with van der Waals surface area (Å²) in [6.07, 6.45) is 7.32. The van der Waals surface area contributed by atoms with Crippen LogP contribution in [0.3, 0.4) is 0 Å². The number of nitrogens with zero attached hydrogens (tertiary/aromatic N) is 3. The summed E-state index contributed by atoms with van der Waals surface area (Å²) in [5, 5.41) is 7.31. The minimum atomic E-state index is 0.0125. The topological polar surface area (TPSA) is 80.3 Å². The number of ether oxygens (including phenoxy) is 2. The molecule has 5 rings (SSSR count). The van der Waals surface area contributed by atoms with E-state index in [0.717, 1.165) is 42.7 Å². The Labute approximate surface area is 175 Å². The molecule has 2 saturated heterocycles. The van der Waals surface area contributed by atoms with Crippen molar-refractivity contribution in [3.63, 3.8) is 0 Å². The summed E-state index contributed by atoms with van der Waals surface area (Å²) in [7, 11) is 1.63. The minimum absolute atomic E-state index is 0.0125. The molecule has 2 atom stereocenters. The second kappa shape index (κ2) is 7.82. The van der Waals surface area contributed by atoms with Crippen LogP contribution in [0, 0.1) is 0 Å². The predicted octanol–water partition coefficient (Wildman–Crippen LogP) is 3.69. The number of carbonyl (C=O) groups is 1. The smallest absolute Gasteiger partial charge is 0.272 e. The molecule has 0 saturated carbocycles. The van der Waals surface area contributed by atoms with Crippen molar-refractivity contribution in [1.82, 2.24) is 20.1 Å². The lowest BCUT2D eigenvalue weighted by Crippen LogP contribution is -2.49. The summed E-state index contributed by atoms with van der Waals surface area (Å²) in [6.45, 7) is 0. The number of pyridine rings is 1. The van der Waals surface area contributed by atoms with Gasteiger partial charge in [0, 0.05) is 42.9 Å². The highest BCUT2D eigenvalue weighted by Crippen LogP contribution is 2.38. The number of rotatable bonds is 5. The van der Waals surface area contributed by atoms with Crippen LogP contribution in [-0.2, 0) is 0 Å². The van der Waals surface area contributed by atoms with E-state index in [2.05, 4.69) is 15.2 Å². The molecule has 0 radical (unpaired) electrons. The van der Waals surface area contributed by atoms with E-state index < -0.39 is 0 Å². The number of para-hydroxylation sites is 1. The number of aromatic amines is 1. The van der Waals surface area contributed by atoms with Crippen LogP contribution in [0.25, 0.3) is 11.3 Å². The molecule has 4 heterocycles. The molecule has 0 spiro atoms. The number of nitrogens with one attached hydrogen (secondary N) is 1. The fourth-order valence-electron chi connectivity index (χ4n) is 4.73. The Hall–Kier alpha value is -3.35. The number of H-pyrrole nitrogens is 1. The van der Waals surface area contributed by atoms with Crippen molar-refractivity contribution in [3.8, 4) is 22.8 Å². The van der Waals surface area contributed by atoms with Crippen LogP contribution in [0.15, 0.2) is 54.9 Å². The molecule has 2 unspecified atom stereocenters. The van der Waals surface area contributed by atoms with E-state index in [4.69, 9.17) is 9.47 Å². The number of piperidine rings is 1. The molecule has 154 valence electrons. The van der Waals surface area contributed by atoms with Crippen molar-refractivity contribution in [3.05, 3.63) is 60.6 Å². The van der Waals surface area contributed by atoms with E-state index in [1.165, 1.54) is 0 Å². The van der Waals surface area contributed by atoms with Gasteiger partial charge in [0.1, 0.15) is 23.3 Å². The standard InChI is InChI=1S/C23H24N4O3/c1-29-22-5-3-2-4-19(22)20-14-21(26-25-20)23(28)27-15-6-7-16(27)13-18(12-15)30-17-8-10-24-11-9-17/h2-5,8-11,14-16,18H,6-7,12-13H2,1H3,(H,25,26). The largest absolute Gasteiger partial charge is 0.496 e. The summed E-state index contributed by atoms with van der Waals surface area (Å²) in [4.78, 5) is 19.4. The third-order valence-corrected chi connectivity index (χ3v) is 6.07. The number of amides is 1. The third-order valence-electron chi connectivity index (χ3n) is 6.07. The number of hydrogen-bond acceptors (Lipinski definition) is 5. The van der Waals surface area contributed by atoms with E-state index >= 15 is 0 Å². The van der Waals surface area contributed by atoms with E-state index in [-0.39, 0.29) is 24.1 Å². The van der Waals surface area contributed by atoms with Gasteiger partial charge in [-0.3, -0.25) is 14.9 Å². The Balaban J connectivity index is 1.31. The summed E-state index contributed by atoms with van der Waals surface area (Å²) < 4.78 is 11.6. The Bertz CT molecular complexity index is 1020. The van der Waals surface area contributed by atoms with E-state index in [1.54, 1.807) is 19.5 Å². The summed E-state index contributed by atoms with van der Waals surface area (Å²) in [5.74, 6) is 1.58. The number of methoxy groups -OCH3 is 1. The van der Waals surface area contributed by atoms with Crippen molar-refractivity contribution in [2.75, 3.05) is 7.11 Å². The average molecular weight is 404 g/mol. The Morgan fingerprint density at radius 3 is 2.57 bits per heavy atom. The molecule has 1 aromatic carbocycles. The zero-order chi connectivity index (χ0) is 20.5. The van der Waals surface area contributed by atoms with Gasteiger partial charge in [0.05, 0.1) is 12.8 Å². The second-order valence-electron chi connectivity index (χ2n) is 7.86. The molecule has 1 amide bonds. The number of fused-ring (bicyclic) bond motifs is 2. The van der Waals surface area contributed by atoms with Gasteiger partial charge in [0.25, 0.3) is 5.91 Å². The number of benzene rings is 1. The van der Waals surface area contributed by atoms with E-state index in [0.29, 0.717) is 11.4 Å². The first-order valence-corrected chi connectivity index (χ1v) is 10.3. The monoisotopic (exact) mass is 404 g/mol. The molecule has 2 bridgehead atoms. The van der Waals surface area contributed by atoms with Crippen LogP contribution in [-0.4, -0.2) is 51.3 Å². The lowest BCUT2D eigenvalue weighted by atomic mass is 9.99. The van der Waals surface area contributed by atoms with Crippen molar-refractivity contribution >= 4 is 5.91 Å². The maximum atomic E-state index is 13.3. The normalized spacial score (nSPS) is 22.7. The molecule has 30 heavy (non-hydrogen) atoms. The Kier molecular flexibility index (Phi) is 4.86. The lowest BCUT2D eigenvalue weighted by Gasteiger charge is -2.38. The lowest BCUT2D eigenvalue weighted by molar-refractivity contribution is 0.0354. The quantitative estimate of drug-likeness (QED) is 0.701. The van der Waals surface area contributed by atoms with Gasteiger partial charge in [0.15, 0.2) is 0 Å². The predicted molar refractivity (Wildman–Crippen MR) is 111 cm³/mol. The highest BCUT2D eigenvalue weighted by atomic mass is 16.5. The van der Waals surface area contributed by atoms with E-state index in [1.807, 2.05) is 47.4 Å². The van der Waals surface area contributed by atoms with Crippen molar-refractivity contribution in [1.29, 1.82) is 0 Å². The third kappa shape index (κ3) is 3.40. The Morgan fingerprint density at radius 1 is 1.10 bits per heavy atom. The van der Waals surface area contributed by atoms with Crippen molar-refractivity contribution < 1.29 is 14.3 Å². The van der Waals surface area contributed by atoms with Crippen molar-refractivity contribution in [2.45, 2.75) is 43.9 Å². The summed E-state index contributed by atoms with van der Waals surface area (Å²) >= 11 is 0. The van der Waals surface area contributed by atoms with Crippen LogP contribution in [0.5, 0.6) is 11.5 Å². The van der Waals surface area contributed by atoms with Gasteiger partial charge in [-0.2, -0.15) is 5.10 Å². The molecule has 2 aromatic heterocycles. The maximum Gasteiger partial charge on any atom is 0.272 e. The first-order chi connectivity index (χ1) is 14.7. The highest BCUT2D eigenvalue weighted by Gasteiger charge is 2.44. The van der Waals surface area contributed by atoms with Crippen LogP contribution < -0.4 is 9.47 Å². The molecule has 7 heteroatoms. The van der Waals surface area contributed by atoms with Gasteiger partial charge in [-0.05, 0) is 43.2 Å². The highest BCUT2D eigenvalue weighted by molar-refractivity contribution is 5.94. The SMILES string of the molecule is COc1ccccc1-c1cc(C(=O)N2C3CCC2CC(Oc2ccncc2)C3)[nH]n1. The second-order valence-corrected chi connectivity index (χ2v) is 7.86. The maximum absolute atomic E-state index is 13.3. The van der Waals surface area contributed by atoms with Gasteiger partial charge in [0.2, 0.25) is 0 Å². The Morgan fingerprint density at radius 2 is 1.83 bits per heavy atom.